The third kappa shape index (κ3) is 2.76. The van der Waals surface area contributed by atoms with Crippen LogP contribution in [-0.2, 0) is 0 Å². The number of anilines is 1. The molecule has 1 saturated carbocycles. The molecule has 0 bridgehead atoms. The number of hydrogen-bond acceptors (Lipinski definition) is 4. The van der Waals surface area contributed by atoms with Crippen molar-refractivity contribution < 1.29 is 5.11 Å². The highest BCUT2D eigenvalue weighted by Gasteiger charge is 2.25. The molecule has 1 heterocycles. The van der Waals surface area contributed by atoms with Crippen molar-refractivity contribution in [2.45, 2.75) is 38.3 Å². The Hall–Kier alpha value is -1.13. The Balaban J connectivity index is 2.11. The fraction of sp³-hybridized carbons (Fsp3) is 0.615. The van der Waals surface area contributed by atoms with Crippen LogP contribution in [0.4, 0.5) is 5.82 Å². The fourth-order valence-corrected chi connectivity index (χ4v) is 2.13. The van der Waals surface area contributed by atoms with Crippen LogP contribution in [0.2, 0.25) is 0 Å². The molecule has 2 rings (SSSR count). The van der Waals surface area contributed by atoms with Gasteiger partial charge < -0.3 is 15.7 Å². The largest absolute Gasteiger partial charge is 0.395 e. The van der Waals surface area contributed by atoms with E-state index in [4.69, 9.17) is 10.8 Å². The van der Waals surface area contributed by atoms with Gasteiger partial charge in [-0.2, -0.15) is 0 Å². The topological polar surface area (TPSA) is 62.4 Å². The first kappa shape index (κ1) is 12.3. The van der Waals surface area contributed by atoms with E-state index >= 15 is 0 Å². The number of hydrogen-bond donors (Lipinski definition) is 2. The van der Waals surface area contributed by atoms with Crippen LogP contribution in [0, 0.1) is 0 Å². The van der Waals surface area contributed by atoms with Crippen molar-refractivity contribution in [1.82, 2.24) is 4.98 Å². The minimum absolute atomic E-state index is 0.0199. The molecule has 0 aliphatic heterocycles. The van der Waals surface area contributed by atoms with E-state index in [0.29, 0.717) is 12.6 Å². The van der Waals surface area contributed by atoms with Crippen LogP contribution in [0.1, 0.15) is 37.8 Å². The second kappa shape index (κ2) is 5.47. The summed E-state index contributed by atoms with van der Waals surface area (Å²) in [5.74, 6) is 0.952. The highest BCUT2D eigenvalue weighted by molar-refractivity contribution is 5.41. The van der Waals surface area contributed by atoms with Crippen molar-refractivity contribution in [3.63, 3.8) is 0 Å². The van der Waals surface area contributed by atoms with Gasteiger partial charge in [-0.3, -0.25) is 0 Å². The zero-order valence-electron chi connectivity index (χ0n) is 10.3. The second-order valence-electron chi connectivity index (χ2n) is 4.74. The number of pyridine rings is 1. The molecule has 1 aromatic heterocycles. The lowest BCUT2D eigenvalue weighted by Crippen LogP contribution is -2.42. The Morgan fingerprint density at radius 1 is 1.53 bits per heavy atom. The Kier molecular flexibility index (Phi) is 3.97. The van der Waals surface area contributed by atoms with Crippen LogP contribution < -0.4 is 10.6 Å². The summed E-state index contributed by atoms with van der Waals surface area (Å²) in [6.45, 7) is 2.79. The van der Waals surface area contributed by atoms with Crippen molar-refractivity contribution >= 4 is 5.82 Å². The summed E-state index contributed by atoms with van der Waals surface area (Å²) < 4.78 is 0. The zero-order chi connectivity index (χ0) is 12.3. The van der Waals surface area contributed by atoms with Gasteiger partial charge in [0.15, 0.2) is 0 Å². The van der Waals surface area contributed by atoms with Crippen LogP contribution in [0.15, 0.2) is 18.3 Å². The molecule has 3 N–H and O–H groups in total. The molecule has 0 radical (unpaired) electrons. The number of nitrogens with zero attached hydrogens (tertiary/aromatic N) is 2. The lowest BCUT2D eigenvalue weighted by molar-refractivity contribution is 0.283. The standard InChI is InChI=1S/C13H21N3O/c1-10(14)11-5-6-13(15-9-11)16(7-8-17)12-3-2-4-12/h5-6,9-10,12,17H,2-4,7-8,14H2,1H3/t10-/m1/s1. The highest BCUT2D eigenvalue weighted by atomic mass is 16.3. The van der Waals surface area contributed by atoms with Crippen LogP contribution in [-0.4, -0.2) is 29.3 Å². The van der Waals surface area contributed by atoms with E-state index in [1.807, 2.05) is 25.3 Å². The van der Waals surface area contributed by atoms with Crippen LogP contribution in [0.25, 0.3) is 0 Å². The molecule has 1 fully saturated rings. The first-order valence-corrected chi connectivity index (χ1v) is 6.31. The molecule has 4 heteroatoms. The lowest BCUT2D eigenvalue weighted by Gasteiger charge is -2.38. The summed E-state index contributed by atoms with van der Waals surface area (Å²) in [5.41, 5.74) is 6.85. The lowest BCUT2D eigenvalue weighted by atomic mass is 9.91. The van der Waals surface area contributed by atoms with E-state index in [1.165, 1.54) is 19.3 Å². The molecule has 0 amide bonds. The van der Waals surface area contributed by atoms with Crippen LogP contribution >= 0.6 is 0 Å². The molecule has 1 aromatic rings. The predicted molar refractivity (Wildman–Crippen MR) is 68.9 cm³/mol. The van der Waals surface area contributed by atoms with Gasteiger partial charge in [-0.1, -0.05) is 6.07 Å². The Bertz CT molecular complexity index is 346. The first-order valence-electron chi connectivity index (χ1n) is 6.31. The summed E-state index contributed by atoms with van der Waals surface area (Å²) in [7, 11) is 0. The summed E-state index contributed by atoms with van der Waals surface area (Å²) in [5, 5.41) is 9.12. The minimum Gasteiger partial charge on any atom is -0.395 e. The molecule has 94 valence electrons. The summed E-state index contributed by atoms with van der Waals surface area (Å²) in [6.07, 6.45) is 5.53. The van der Waals surface area contributed by atoms with Gasteiger partial charge in [0.05, 0.1) is 6.61 Å². The smallest absolute Gasteiger partial charge is 0.128 e. The van der Waals surface area contributed by atoms with Crippen molar-refractivity contribution in [2.75, 3.05) is 18.1 Å². The molecule has 0 spiro atoms. The zero-order valence-corrected chi connectivity index (χ0v) is 10.3. The summed E-state index contributed by atoms with van der Waals surface area (Å²) in [6, 6.07) is 4.60. The van der Waals surface area contributed by atoms with Crippen molar-refractivity contribution in [2.24, 2.45) is 5.73 Å². The van der Waals surface area contributed by atoms with E-state index < -0.39 is 0 Å². The molecular formula is C13H21N3O. The molecule has 1 aliphatic rings. The molecule has 1 atom stereocenters. The second-order valence-corrected chi connectivity index (χ2v) is 4.74. The van der Waals surface area contributed by atoms with Gasteiger partial charge in [-0.25, -0.2) is 4.98 Å². The Labute approximate surface area is 102 Å². The highest BCUT2D eigenvalue weighted by Crippen LogP contribution is 2.28. The average Bonchev–Trinajstić information content (AvgIpc) is 2.26. The molecule has 1 aliphatic carbocycles. The monoisotopic (exact) mass is 235 g/mol. The number of nitrogens with two attached hydrogens (primary N) is 1. The number of aromatic nitrogens is 1. The van der Waals surface area contributed by atoms with E-state index in [9.17, 15) is 0 Å². The van der Waals surface area contributed by atoms with Gasteiger partial charge in [0.2, 0.25) is 0 Å². The Morgan fingerprint density at radius 2 is 2.29 bits per heavy atom. The van der Waals surface area contributed by atoms with E-state index in [0.717, 1.165) is 11.4 Å². The van der Waals surface area contributed by atoms with Crippen molar-refractivity contribution in [3.05, 3.63) is 23.9 Å². The van der Waals surface area contributed by atoms with Crippen LogP contribution in [0.3, 0.4) is 0 Å². The number of aliphatic hydroxyl groups is 1. The van der Waals surface area contributed by atoms with Gasteiger partial charge >= 0.3 is 0 Å². The van der Waals surface area contributed by atoms with Gasteiger partial charge in [0, 0.05) is 24.8 Å². The van der Waals surface area contributed by atoms with E-state index in [-0.39, 0.29) is 12.6 Å². The quantitative estimate of drug-likeness (QED) is 0.811. The maximum Gasteiger partial charge on any atom is 0.128 e. The first-order chi connectivity index (χ1) is 8.22. The number of aliphatic hydroxyl groups excluding tert-OH is 1. The predicted octanol–water partition coefficient (Wildman–Crippen LogP) is 1.45. The van der Waals surface area contributed by atoms with Gasteiger partial charge in [0.25, 0.3) is 0 Å². The van der Waals surface area contributed by atoms with E-state index in [1.54, 1.807) is 0 Å². The molecule has 0 aromatic carbocycles. The molecule has 0 saturated heterocycles. The van der Waals surface area contributed by atoms with Gasteiger partial charge in [0.1, 0.15) is 5.82 Å². The molecule has 17 heavy (non-hydrogen) atoms. The summed E-state index contributed by atoms with van der Waals surface area (Å²) >= 11 is 0. The minimum atomic E-state index is 0.0199. The number of rotatable bonds is 5. The summed E-state index contributed by atoms with van der Waals surface area (Å²) in [4.78, 5) is 6.66. The third-order valence-electron chi connectivity index (χ3n) is 3.45. The van der Waals surface area contributed by atoms with E-state index in [2.05, 4.69) is 9.88 Å². The third-order valence-corrected chi connectivity index (χ3v) is 3.45. The SMILES string of the molecule is C[C@@H](N)c1ccc(N(CCO)C2CCC2)nc1. The maximum atomic E-state index is 9.12. The van der Waals surface area contributed by atoms with Gasteiger partial charge in [-0.15, -0.1) is 0 Å². The maximum absolute atomic E-state index is 9.12. The van der Waals surface area contributed by atoms with Crippen molar-refractivity contribution in [1.29, 1.82) is 0 Å². The molecule has 0 unspecified atom stereocenters. The Morgan fingerprint density at radius 3 is 2.71 bits per heavy atom. The van der Waals surface area contributed by atoms with Crippen LogP contribution in [0.5, 0.6) is 0 Å². The van der Waals surface area contributed by atoms with Crippen molar-refractivity contribution in [3.8, 4) is 0 Å². The molecular weight excluding hydrogens is 214 g/mol. The average molecular weight is 235 g/mol. The molecule has 4 nitrogen and oxygen atoms in total. The van der Waals surface area contributed by atoms with Gasteiger partial charge in [-0.05, 0) is 37.8 Å². The fourth-order valence-electron chi connectivity index (χ4n) is 2.13. The normalized spacial score (nSPS) is 17.6.